The predicted molar refractivity (Wildman–Crippen MR) is 80.4 cm³/mol. The molecule has 1 aromatic rings. The van der Waals surface area contributed by atoms with Crippen LogP contribution in [0.5, 0.6) is 0 Å². The summed E-state index contributed by atoms with van der Waals surface area (Å²) in [7, 11) is 0. The maximum atomic E-state index is 10.5. The molecule has 0 aliphatic heterocycles. The smallest absolute Gasteiger partial charge is 0.0926 e. The zero-order valence-electron chi connectivity index (χ0n) is 12.1. The fourth-order valence-corrected chi connectivity index (χ4v) is 3.56. The summed E-state index contributed by atoms with van der Waals surface area (Å²) in [5.74, 6) is 0.825. The molecule has 1 fully saturated rings. The molecule has 1 heterocycles. The van der Waals surface area contributed by atoms with Crippen LogP contribution in [0.4, 0.5) is 0 Å². The van der Waals surface area contributed by atoms with E-state index in [0.29, 0.717) is 6.54 Å². The second-order valence-electron chi connectivity index (χ2n) is 5.77. The quantitative estimate of drug-likeness (QED) is 0.842. The fraction of sp³-hybridized carbons (Fsp3) is 0.800. The zero-order valence-corrected chi connectivity index (χ0v) is 12.9. The number of hydrogen-bond acceptors (Lipinski definition) is 4. The normalized spacial score (nSPS) is 27.6. The molecule has 1 aromatic heterocycles. The molecule has 0 bridgehead atoms. The first-order valence-corrected chi connectivity index (χ1v) is 8.39. The Bertz CT molecular complexity index is 383. The largest absolute Gasteiger partial charge is 0.389 e. The van der Waals surface area contributed by atoms with Crippen LogP contribution in [0.25, 0.3) is 0 Å². The van der Waals surface area contributed by atoms with Crippen molar-refractivity contribution in [3.8, 4) is 0 Å². The van der Waals surface area contributed by atoms with Crippen molar-refractivity contribution in [3.05, 3.63) is 16.1 Å². The van der Waals surface area contributed by atoms with E-state index in [2.05, 4.69) is 29.5 Å². The summed E-state index contributed by atoms with van der Waals surface area (Å²) in [5.41, 5.74) is 0.614. The third-order valence-corrected chi connectivity index (χ3v) is 5.32. The number of aromatic nitrogens is 1. The number of aryl methyl sites for hydroxylation is 1. The van der Waals surface area contributed by atoms with Crippen molar-refractivity contribution in [2.45, 2.75) is 64.5 Å². The van der Waals surface area contributed by atoms with Gasteiger partial charge in [0.1, 0.15) is 0 Å². The molecule has 0 saturated heterocycles. The molecule has 1 saturated carbocycles. The summed E-state index contributed by atoms with van der Waals surface area (Å²) in [6.07, 6.45) is 6.48. The average Bonchev–Trinajstić information content (AvgIpc) is 2.87. The first-order valence-electron chi connectivity index (χ1n) is 7.51. The van der Waals surface area contributed by atoms with E-state index >= 15 is 0 Å². The maximum absolute atomic E-state index is 10.5. The van der Waals surface area contributed by atoms with Crippen LogP contribution in [-0.2, 0) is 13.0 Å². The van der Waals surface area contributed by atoms with Gasteiger partial charge in [-0.3, -0.25) is 0 Å². The van der Waals surface area contributed by atoms with Gasteiger partial charge >= 0.3 is 0 Å². The number of aliphatic hydroxyl groups is 1. The van der Waals surface area contributed by atoms with E-state index in [4.69, 9.17) is 0 Å². The second kappa shape index (κ2) is 6.82. The maximum Gasteiger partial charge on any atom is 0.0926 e. The third kappa shape index (κ3) is 4.26. The lowest BCUT2D eigenvalue weighted by Gasteiger charge is -2.36. The van der Waals surface area contributed by atoms with Crippen LogP contribution in [0, 0.1) is 5.92 Å². The predicted octanol–water partition coefficient (Wildman–Crippen LogP) is 3.13. The highest BCUT2D eigenvalue weighted by Crippen LogP contribution is 2.33. The van der Waals surface area contributed by atoms with Crippen LogP contribution in [0.2, 0.25) is 0 Å². The summed E-state index contributed by atoms with van der Waals surface area (Å²) >= 11 is 1.72. The van der Waals surface area contributed by atoms with E-state index in [0.717, 1.165) is 37.4 Å². The van der Waals surface area contributed by atoms with Gasteiger partial charge in [-0.2, -0.15) is 0 Å². The van der Waals surface area contributed by atoms with Gasteiger partial charge in [0.25, 0.3) is 0 Å². The van der Waals surface area contributed by atoms with E-state index < -0.39 is 5.60 Å². The van der Waals surface area contributed by atoms with Gasteiger partial charge in [-0.1, -0.05) is 20.3 Å². The van der Waals surface area contributed by atoms with Crippen LogP contribution in [0.3, 0.4) is 0 Å². The third-order valence-electron chi connectivity index (χ3n) is 4.28. The molecule has 0 atom stereocenters. The van der Waals surface area contributed by atoms with Gasteiger partial charge in [0.15, 0.2) is 0 Å². The minimum Gasteiger partial charge on any atom is -0.389 e. The standard InChI is InChI=1S/C15H26N2OS/c1-3-12-5-7-15(18,8-6-12)11-16-9-13-10-19-14(4-2)17-13/h10,12,16,18H,3-9,11H2,1-2H3. The highest BCUT2D eigenvalue weighted by atomic mass is 32.1. The topological polar surface area (TPSA) is 45.2 Å². The molecule has 1 aliphatic carbocycles. The molecule has 2 rings (SSSR count). The summed E-state index contributed by atoms with van der Waals surface area (Å²) in [4.78, 5) is 4.53. The Kier molecular flexibility index (Phi) is 5.37. The van der Waals surface area contributed by atoms with Crippen molar-refractivity contribution in [1.29, 1.82) is 0 Å². The van der Waals surface area contributed by atoms with Crippen molar-refractivity contribution in [1.82, 2.24) is 10.3 Å². The Hall–Kier alpha value is -0.450. The fourth-order valence-electron chi connectivity index (χ4n) is 2.82. The lowest BCUT2D eigenvalue weighted by molar-refractivity contribution is -0.00885. The Morgan fingerprint density at radius 3 is 2.74 bits per heavy atom. The van der Waals surface area contributed by atoms with Crippen LogP contribution >= 0.6 is 11.3 Å². The van der Waals surface area contributed by atoms with E-state index in [-0.39, 0.29) is 0 Å². The van der Waals surface area contributed by atoms with Crippen LogP contribution in [0.1, 0.15) is 56.7 Å². The molecule has 2 N–H and O–H groups in total. The monoisotopic (exact) mass is 282 g/mol. The minimum atomic E-state index is -0.491. The number of hydrogen-bond donors (Lipinski definition) is 2. The first kappa shape index (κ1) is 14.9. The average molecular weight is 282 g/mol. The van der Waals surface area contributed by atoms with Gasteiger partial charge in [-0.05, 0) is 38.0 Å². The molecule has 1 aliphatic rings. The number of nitrogens with zero attached hydrogens (tertiary/aromatic N) is 1. The van der Waals surface area contributed by atoms with Crippen LogP contribution < -0.4 is 5.32 Å². The highest BCUT2D eigenvalue weighted by molar-refractivity contribution is 7.09. The second-order valence-corrected chi connectivity index (χ2v) is 6.71. The highest BCUT2D eigenvalue weighted by Gasteiger charge is 2.32. The van der Waals surface area contributed by atoms with Gasteiger partial charge in [0, 0.05) is 18.5 Å². The Morgan fingerprint density at radius 2 is 2.16 bits per heavy atom. The van der Waals surface area contributed by atoms with Gasteiger partial charge in [-0.25, -0.2) is 4.98 Å². The Morgan fingerprint density at radius 1 is 1.42 bits per heavy atom. The molecular weight excluding hydrogens is 256 g/mol. The summed E-state index contributed by atoms with van der Waals surface area (Å²) in [6, 6.07) is 0. The van der Waals surface area contributed by atoms with Crippen LogP contribution in [0.15, 0.2) is 5.38 Å². The molecular formula is C15H26N2OS. The van der Waals surface area contributed by atoms with Gasteiger partial charge in [0.05, 0.1) is 16.3 Å². The van der Waals surface area contributed by atoms with Crippen molar-refractivity contribution >= 4 is 11.3 Å². The van der Waals surface area contributed by atoms with E-state index in [9.17, 15) is 5.11 Å². The number of thiazole rings is 1. The lowest BCUT2D eigenvalue weighted by atomic mass is 9.78. The van der Waals surface area contributed by atoms with Gasteiger partial charge < -0.3 is 10.4 Å². The molecule has 0 unspecified atom stereocenters. The molecule has 3 nitrogen and oxygen atoms in total. The number of nitrogens with one attached hydrogen (secondary N) is 1. The zero-order chi connectivity index (χ0) is 13.7. The van der Waals surface area contributed by atoms with Crippen molar-refractivity contribution in [2.24, 2.45) is 5.92 Å². The van der Waals surface area contributed by atoms with Crippen LogP contribution in [-0.4, -0.2) is 22.2 Å². The molecule has 0 amide bonds. The van der Waals surface area contributed by atoms with Crippen molar-refractivity contribution < 1.29 is 5.11 Å². The van der Waals surface area contributed by atoms with Gasteiger partial charge in [0.2, 0.25) is 0 Å². The molecule has 0 radical (unpaired) electrons. The molecule has 108 valence electrons. The SMILES string of the molecule is CCc1nc(CNCC2(O)CCC(CC)CC2)cs1. The van der Waals surface area contributed by atoms with E-state index in [1.165, 1.54) is 24.3 Å². The molecule has 4 heteroatoms. The van der Waals surface area contributed by atoms with Crippen molar-refractivity contribution in [3.63, 3.8) is 0 Å². The Balaban J connectivity index is 1.73. The molecule has 0 spiro atoms. The van der Waals surface area contributed by atoms with E-state index in [1.807, 2.05) is 0 Å². The first-order chi connectivity index (χ1) is 9.15. The minimum absolute atomic E-state index is 0.491. The summed E-state index contributed by atoms with van der Waals surface area (Å²) in [5, 5.41) is 17.2. The van der Waals surface area contributed by atoms with Gasteiger partial charge in [-0.15, -0.1) is 11.3 Å². The summed E-state index contributed by atoms with van der Waals surface area (Å²) < 4.78 is 0. The number of rotatable bonds is 6. The Labute approximate surface area is 120 Å². The lowest BCUT2D eigenvalue weighted by Crippen LogP contribution is -2.43. The summed E-state index contributed by atoms with van der Waals surface area (Å²) in [6.45, 7) is 5.85. The molecule has 0 aromatic carbocycles. The van der Waals surface area contributed by atoms with E-state index in [1.54, 1.807) is 11.3 Å². The molecule has 19 heavy (non-hydrogen) atoms. The van der Waals surface area contributed by atoms with Crippen molar-refractivity contribution in [2.75, 3.05) is 6.54 Å².